The molecular weight excluding hydrogens is 303 g/mol. The van der Waals surface area contributed by atoms with E-state index in [1.807, 2.05) is 4.90 Å². The first kappa shape index (κ1) is 15.2. The minimum absolute atomic E-state index is 0.0953. The average Bonchev–Trinajstić information content (AvgIpc) is 2.55. The Hall–Kier alpha value is -2.68. The summed E-state index contributed by atoms with van der Waals surface area (Å²) in [5, 5.41) is 2.92. The van der Waals surface area contributed by atoms with Crippen LogP contribution in [0.4, 0.5) is 27.9 Å². The predicted octanol–water partition coefficient (Wildman–Crippen LogP) is 1.18. The number of benzene rings is 1. The first-order valence-corrected chi connectivity index (χ1v) is 7.10. The van der Waals surface area contributed by atoms with Gasteiger partial charge in [-0.15, -0.1) is 0 Å². The second-order valence-corrected chi connectivity index (χ2v) is 4.89. The summed E-state index contributed by atoms with van der Waals surface area (Å²) in [5.41, 5.74) is 6.23. The molecule has 1 aliphatic heterocycles. The number of aromatic nitrogens is 3. The van der Waals surface area contributed by atoms with Gasteiger partial charge in [0.15, 0.2) is 11.6 Å². The van der Waals surface area contributed by atoms with Gasteiger partial charge in [0.1, 0.15) is 0 Å². The van der Waals surface area contributed by atoms with E-state index in [9.17, 15) is 4.39 Å². The second kappa shape index (κ2) is 6.61. The van der Waals surface area contributed by atoms with Gasteiger partial charge in [-0.1, -0.05) is 0 Å². The number of nitrogen functional groups attached to an aromatic ring is 1. The van der Waals surface area contributed by atoms with Crippen molar-refractivity contribution >= 4 is 23.5 Å². The van der Waals surface area contributed by atoms with E-state index in [1.165, 1.54) is 19.2 Å². The third kappa shape index (κ3) is 3.57. The lowest BCUT2D eigenvalue weighted by Crippen LogP contribution is -2.37. The molecule has 1 aromatic carbocycles. The fraction of sp³-hybridized carbons (Fsp3) is 0.357. The Kier molecular flexibility index (Phi) is 4.38. The van der Waals surface area contributed by atoms with Crippen molar-refractivity contribution in [2.45, 2.75) is 0 Å². The molecular formula is C14H17FN6O2. The Bertz CT molecular complexity index is 693. The van der Waals surface area contributed by atoms with Crippen molar-refractivity contribution in [1.29, 1.82) is 0 Å². The van der Waals surface area contributed by atoms with Gasteiger partial charge in [-0.3, -0.25) is 0 Å². The van der Waals surface area contributed by atoms with Crippen molar-refractivity contribution in [3.05, 3.63) is 24.0 Å². The standard InChI is InChI=1S/C14H17FN6O2/c1-22-11-3-2-9(8-10(11)15)17-13-18-12(16)19-14(20-13)21-4-6-23-7-5-21/h2-3,8H,4-7H2,1H3,(H3,16,17,18,19,20). The van der Waals surface area contributed by atoms with E-state index in [0.717, 1.165) is 0 Å². The minimum atomic E-state index is -0.479. The Morgan fingerprint density at radius 1 is 1.26 bits per heavy atom. The van der Waals surface area contributed by atoms with Gasteiger partial charge in [0.2, 0.25) is 17.8 Å². The Morgan fingerprint density at radius 3 is 2.74 bits per heavy atom. The maximum Gasteiger partial charge on any atom is 0.233 e. The first-order valence-electron chi connectivity index (χ1n) is 7.10. The summed E-state index contributed by atoms with van der Waals surface area (Å²) < 4.78 is 23.9. The van der Waals surface area contributed by atoms with Gasteiger partial charge >= 0.3 is 0 Å². The first-order chi connectivity index (χ1) is 11.2. The van der Waals surface area contributed by atoms with Gasteiger partial charge < -0.3 is 25.4 Å². The Morgan fingerprint density at radius 2 is 2.04 bits per heavy atom. The smallest absolute Gasteiger partial charge is 0.233 e. The highest BCUT2D eigenvalue weighted by molar-refractivity contribution is 5.57. The molecule has 2 aromatic rings. The molecule has 0 radical (unpaired) electrons. The summed E-state index contributed by atoms with van der Waals surface area (Å²) in [5.74, 6) is 0.506. The van der Waals surface area contributed by atoms with Crippen LogP contribution in [0.15, 0.2) is 18.2 Å². The topological polar surface area (TPSA) is 98.4 Å². The van der Waals surface area contributed by atoms with Crippen molar-refractivity contribution in [3.8, 4) is 5.75 Å². The molecule has 1 saturated heterocycles. The van der Waals surface area contributed by atoms with Crippen LogP contribution in [0.5, 0.6) is 5.75 Å². The molecule has 9 heteroatoms. The lowest BCUT2D eigenvalue weighted by atomic mass is 10.3. The Labute approximate surface area is 132 Å². The van der Waals surface area contributed by atoms with Crippen molar-refractivity contribution in [1.82, 2.24) is 15.0 Å². The van der Waals surface area contributed by atoms with Crippen LogP contribution in [0.25, 0.3) is 0 Å². The summed E-state index contributed by atoms with van der Waals surface area (Å²) in [6.45, 7) is 2.58. The summed E-state index contributed by atoms with van der Waals surface area (Å²) >= 11 is 0. The van der Waals surface area contributed by atoms with Crippen molar-refractivity contribution < 1.29 is 13.9 Å². The lowest BCUT2D eigenvalue weighted by molar-refractivity contribution is 0.122. The summed E-state index contributed by atoms with van der Waals surface area (Å²) in [6.07, 6.45) is 0. The molecule has 0 unspecified atom stereocenters. The number of methoxy groups -OCH3 is 1. The van der Waals surface area contributed by atoms with Crippen LogP contribution in [-0.2, 0) is 4.74 Å². The maximum absolute atomic E-state index is 13.7. The van der Waals surface area contributed by atoms with Crippen molar-refractivity contribution in [3.63, 3.8) is 0 Å². The SMILES string of the molecule is COc1ccc(Nc2nc(N)nc(N3CCOCC3)n2)cc1F. The van der Waals surface area contributed by atoms with Crippen LogP contribution in [0, 0.1) is 5.82 Å². The highest BCUT2D eigenvalue weighted by atomic mass is 19.1. The van der Waals surface area contributed by atoms with Gasteiger partial charge in [0.25, 0.3) is 0 Å². The van der Waals surface area contributed by atoms with Crippen molar-refractivity contribution in [2.75, 3.05) is 49.4 Å². The second-order valence-electron chi connectivity index (χ2n) is 4.89. The molecule has 3 N–H and O–H groups in total. The quantitative estimate of drug-likeness (QED) is 0.866. The van der Waals surface area contributed by atoms with Crippen LogP contribution in [0.2, 0.25) is 0 Å². The highest BCUT2D eigenvalue weighted by Crippen LogP contribution is 2.23. The van der Waals surface area contributed by atoms with E-state index in [2.05, 4.69) is 20.3 Å². The molecule has 1 aromatic heterocycles. The fourth-order valence-corrected chi connectivity index (χ4v) is 2.21. The summed E-state index contributed by atoms with van der Waals surface area (Å²) in [4.78, 5) is 14.5. The Balaban J connectivity index is 1.82. The summed E-state index contributed by atoms with van der Waals surface area (Å²) in [6, 6.07) is 4.48. The molecule has 122 valence electrons. The molecule has 3 rings (SSSR count). The average molecular weight is 320 g/mol. The molecule has 0 spiro atoms. The third-order valence-corrected chi connectivity index (χ3v) is 3.34. The monoisotopic (exact) mass is 320 g/mol. The normalized spacial score (nSPS) is 14.6. The number of morpholine rings is 1. The lowest BCUT2D eigenvalue weighted by Gasteiger charge is -2.26. The molecule has 0 bridgehead atoms. The number of halogens is 1. The van der Waals surface area contributed by atoms with E-state index >= 15 is 0 Å². The molecule has 23 heavy (non-hydrogen) atoms. The van der Waals surface area contributed by atoms with E-state index < -0.39 is 5.82 Å². The molecule has 0 aliphatic carbocycles. The zero-order valence-electron chi connectivity index (χ0n) is 12.6. The maximum atomic E-state index is 13.7. The molecule has 0 saturated carbocycles. The number of anilines is 4. The van der Waals surface area contributed by atoms with Gasteiger partial charge in [0.05, 0.1) is 20.3 Å². The van der Waals surface area contributed by atoms with Crippen LogP contribution >= 0.6 is 0 Å². The number of hydrogen-bond donors (Lipinski definition) is 2. The van der Waals surface area contributed by atoms with Crippen LogP contribution < -0.4 is 20.7 Å². The fourth-order valence-electron chi connectivity index (χ4n) is 2.21. The zero-order valence-corrected chi connectivity index (χ0v) is 12.6. The molecule has 0 amide bonds. The summed E-state index contributed by atoms with van der Waals surface area (Å²) in [7, 11) is 1.41. The van der Waals surface area contributed by atoms with E-state index in [0.29, 0.717) is 37.9 Å². The number of ether oxygens (including phenoxy) is 2. The van der Waals surface area contributed by atoms with E-state index in [4.69, 9.17) is 15.2 Å². The predicted molar refractivity (Wildman–Crippen MR) is 83.5 cm³/mol. The molecule has 2 heterocycles. The number of nitrogens with one attached hydrogen (secondary N) is 1. The van der Waals surface area contributed by atoms with Crippen molar-refractivity contribution in [2.24, 2.45) is 0 Å². The van der Waals surface area contributed by atoms with Gasteiger partial charge in [0, 0.05) is 24.8 Å². The number of nitrogens with zero attached hydrogens (tertiary/aromatic N) is 4. The minimum Gasteiger partial charge on any atom is -0.494 e. The number of nitrogens with two attached hydrogens (primary N) is 1. The largest absolute Gasteiger partial charge is 0.494 e. The van der Waals surface area contributed by atoms with Gasteiger partial charge in [-0.2, -0.15) is 15.0 Å². The van der Waals surface area contributed by atoms with E-state index in [1.54, 1.807) is 6.07 Å². The molecule has 1 aliphatic rings. The number of rotatable bonds is 4. The van der Waals surface area contributed by atoms with Gasteiger partial charge in [-0.05, 0) is 12.1 Å². The molecule has 8 nitrogen and oxygen atoms in total. The van der Waals surface area contributed by atoms with Crippen LogP contribution in [-0.4, -0.2) is 48.4 Å². The highest BCUT2D eigenvalue weighted by Gasteiger charge is 2.16. The number of hydrogen-bond acceptors (Lipinski definition) is 8. The van der Waals surface area contributed by atoms with Crippen LogP contribution in [0.1, 0.15) is 0 Å². The molecule has 1 fully saturated rings. The molecule has 0 atom stereocenters. The zero-order chi connectivity index (χ0) is 16.2. The third-order valence-electron chi connectivity index (χ3n) is 3.34. The van der Waals surface area contributed by atoms with Crippen LogP contribution in [0.3, 0.4) is 0 Å². The van der Waals surface area contributed by atoms with Gasteiger partial charge in [-0.25, -0.2) is 4.39 Å². The van der Waals surface area contributed by atoms with E-state index in [-0.39, 0.29) is 17.6 Å².